The van der Waals surface area contributed by atoms with Gasteiger partial charge in [0.1, 0.15) is 10.1 Å². The number of aryl methyl sites for hydroxylation is 1. The largest absolute Gasteiger partial charge is 0.512 e. The monoisotopic (exact) mass is 434 g/mol. The molecule has 0 atom stereocenters. The van der Waals surface area contributed by atoms with Crippen molar-refractivity contribution in [1.29, 1.82) is 0 Å². The highest BCUT2D eigenvalue weighted by atomic mass is 35.5. The van der Waals surface area contributed by atoms with Crippen LogP contribution in [0.4, 0.5) is 0 Å². The Balaban J connectivity index is 1.84. The van der Waals surface area contributed by atoms with Crippen LogP contribution in [-0.4, -0.2) is 10.9 Å². The summed E-state index contributed by atoms with van der Waals surface area (Å²) in [6, 6.07) is 7.93. The van der Waals surface area contributed by atoms with Gasteiger partial charge in [-0.05, 0) is 72.8 Å². The number of rotatable bonds is 3. The highest BCUT2D eigenvalue weighted by Crippen LogP contribution is 2.42. The van der Waals surface area contributed by atoms with Crippen molar-refractivity contribution in [2.75, 3.05) is 0 Å². The first-order valence-electron chi connectivity index (χ1n) is 10.00. The predicted molar refractivity (Wildman–Crippen MR) is 118 cm³/mol. The molecule has 28 heavy (non-hydrogen) atoms. The van der Waals surface area contributed by atoms with Gasteiger partial charge >= 0.3 is 0 Å². The van der Waals surface area contributed by atoms with Crippen molar-refractivity contribution in [3.05, 3.63) is 49.8 Å². The van der Waals surface area contributed by atoms with Crippen molar-refractivity contribution in [3.63, 3.8) is 0 Å². The van der Waals surface area contributed by atoms with Crippen LogP contribution in [0.3, 0.4) is 0 Å². The van der Waals surface area contributed by atoms with Crippen molar-refractivity contribution in [2.24, 2.45) is 11.8 Å². The Kier molecular flexibility index (Phi) is 5.87. The molecule has 2 aromatic rings. The van der Waals surface area contributed by atoms with Crippen molar-refractivity contribution in [3.8, 4) is 11.1 Å². The quantitative estimate of drug-likeness (QED) is 0.536. The molecular weight excluding hydrogens is 411 g/mol. The second-order valence-corrected chi connectivity index (χ2v) is 10.3. The lowest BCUT2D eigenvalue weighted by atomic mass is 9.79. The van der Waals surface area contributed by atoms with E-state index in [1.165, 1.54) is 11.3 Å². The molecule has 3 aliphatic rings. The first kappa shape index (κ1) is 20.0. The second kappa shape index (κ2) is 8.22. The molecule has 1 N–H and O–H groups in total. The number of hydrogen-bond donors (Lipinski definition) is 1. The number of halogens is 2. The lowest BCUT2D eigenvalue weighted by molar-refractivity contribution is -0.114. The third-order valence-electron chi connectivity index (χ3n) is 6.22. The van der Waals surface area contributed by atoms with Gasteiger partial charge in [0.15, 0.2) is 5.78 Å². The molecule has 0 spiro atoms. The average molecular weight is 435 g/mol. The molecule has 1 saturated carbocycles. The van der Waals surface area contributed by atoms with E-state index in [9.17, 15) is 9.90 Å². The molecule has 148 valence electrons. The fraction of sp³-hybridized carbons (Fsp3) is 0.435. The molecule has 1 fully saturated rings. The third-order valence-corrected chi connectivity index (χ3v) is 7.71. The van der Waals surface area contributed by atoms with Gasteiger partial charge in [-0.1, -0.05) is 42.3 Å². The summed E-state index contributed by atoms with van der Waals surface area (Å²) in [6.07, 6.45) is 6.35. The van der Waals surface area contributed by atoms with E-state index in [4.69, 9.17) is 23.2 Å². The van der Waals surface area contributed by atoms with Crippen LogP contribution < -0.4 is 0 Å². The van der Waals surface area contributed by atoms with Gasteiger partial charge in [0.05, 0.1) is 9.91 Å². The molecular formula is C23H24Cl2O2S. The Labute approximate surface area is 180 Å². The Hall–Kier alpha value is -1.29. The number of thiophene rings is 1. The number of Topliss-reactive ketones (excluding diaryl/α,β-unsaturated/α-hetero) is 1. The number of fused-ring (bicyclic) bond motifs is 5. The molecule has 2 nitrogen and oxygen atoms in total. The number of ketones is 1. The SMILES string of the molecule is CCc1ccc(-c2cc(Cl)sc2Cl)cc1C1=C(O)CC2CCC(CC2)CC1=O. The van der Waals surface area contributed by atoms with Crippen molar-refractivity contribution in [2.45, 2.75) is 51.9 Å². The fourth-order valence-electron chi connectivity index (χ4n) is 4.67. The van der Waals surface area contributed by atoms with Crippen LogP contribution >= 0.6 is 34.5 Å². The highest BCUT2D eigenvalue weighted by Gasteiger charge is 2.31. The van der Waals surface area contributed by atoms with E-state index >= 15 is 0 Å². The number of benzene rings is 1. The number of hydrogen-bond acceptors (Lipinski definition) is 3. The zero-order chi connectivity index (χ0) is 19.8. The summed E-state index contributed by atoms with van der Waals surface area (Å²) >= 11 is 13.8. The van der Waals surface area contributed by atoms with Gasteiger partial charge in [0.2, 0.25) is 0 Å². The van der Waals surface area contributed by atoms with E-state index in [0.29, 0.717) is 38.9 Å². The Bertz CT molecular complexity index is 936. The molecule has 3 aliphatic carbocycles. The normalized spacial score (nSPS) is 22.9. The first-order chi connectivity index (χ1) is 13.5. The maximum atomic E-state index is 13.2. The summed E-state index contributed by atoms with van der Waals surface area (Å²) in [5, 5.41) is 11.0. The van der Waals surface area contributed by atoms with Crippen LogP contribution in [0, 0.1) is 11.8 Å². The molecule has 1 aromatic carbocycles. The number of carbonyl (C=O) groups excluding carboxylic acids is 1. The van der Waals surface area contributed by atoms with E-state index in [-0.39, 0.29) is 11.5 Å². The van der Waals surface area contributed by atoms with Crippen molar-refractivity contribution < 1.29 is 9.90 Å². The molecule has 5 heteroatoms. The molecule has 0 unspecified atom stereocenters. The molecule has 2 bridgehead atoms. The maximum absolute atomic E-state index is 13.2. The Morgan fingerprint density at radius 2 is 1.71 bits per heavy atom. The topological polar surface area (TPSA) is 37.3 Å². The van der Waals surface area contributed by atoms with E-state index in [1.807, 2.05) is 24.3 Å². The maximum Gasteiger partial charge on any atom is 0.167 e. The summed E-state index contributed by atoms with van der Waals surface area (Å²) in [7, 11) is 0. The fourth-order valence-corrected chi connectivity index (χ4v) is 6.17. The first-order valence-corrected chi connectivity index (χ1v) is 11.6. The van der Waals surface area contributed by atoms with E-state index in [0.717, 1.165) is 54.4 Å². The lowest BCUT2D eigenvalue weighted by Gasteiger charge is -2.26. The van der Waals surface area contributed by atoms with Gasteiger partial charge in [0.25, 0.3) is 0 Å². The zero-order valence-electron chi connectivity index (χ0n) is 15.9. The van der Waals surface area contributed by atoms with Crippen LogP contribution in [0.15, 0.2) is 30.0 Å². The predicted octanol–water partition coefficient (Wildman–Crippen LogP) is 7.72. The highest BCUT2D eigenvalue weighted by molar-refractivity contribution is 7.20. The van der Waals surface area contributed by atoms with Gasteiger partial charge in [-0.2, -0.15) is 0 Å². The number of carbonyl (C=O) groups is 1. The summed E-state index contributed by atoms with van der Waals surface area (Å²) < 4.78 is 1.27. The summed E-state index contributed by atoms with van der Waals surface area (Å²) in [5.74, 6) is 1.27. The molecule has 0 radical (unpaired) electrons. The molecule has 1 heterocycles. The standard InChI is InChI=1S/C23H24Cl2O2S/c1-2-15-7-8-16(18-12-21(24)28-23(18)25)11-17(15)22-19(26)9-13-3-4-14(6-5-13)10-20(22)27/h7-8,11-14,26H,2-6,9-10H2,1H3. The minimum Gasteiger partial charge on any atom is -0.512 e. The number of aliphatic hydroxyl groups is 1. The second-order valence-electron chi connectivity index (χ2n) is 8.00. The summed E-state index contributed by atoms with van der Waals surface area (Å²) in [6.45, 7) is 2.08. The minimum absolute atomic E-state index is 0.0753. The van der Waals surface area contributed by atoms with Crippen LogP contribution in [0.5, 0.6) is 0 Å². The van der Waals surface area contributed by atoms with Crippen LogP contribution in [0.25, 0.3) is 16.7 Å². The van der Waals surface area contributed by atoms with Gasteiger partial charge in [0, 0.05) is 18.4 Å². The van der Waals surface area contributed by atoms with E-state index in [2.05, 4.69) is 6.92 Å². The van der Waals surface area contributed by atoms with E-state index in [1.54, 1.807) is 0 Å². The van der Waals surface area contributed by atoms with Gasteiger partial charge < -0.3 is 5.11 Å². The van der Waals surface area contributed by atoms with Gasteiger partial charge in [-0.25, -0.2) is 0 Å². The number of allylic oxidation sites excluding steroid dienone is 2. The molecule has 0 amide bonds. The van der Waals surface area contributed by atoms with Gasteiger partial charge in [-0.15, -0.1) is 11.3 Å². The molecule has 1 aromatic heterocycles. The average Bonchev–Trinajstić information content (AvgIpc) is 3.04. The molecule has 0 saturated heterocycles. The summed E-state index contributed by atoms with van der Waals surface area (Å²) in [4.78, 5) is 13.2. The Morgan fingerprint density at radius 3 is 2.32 bits per heavy atom. The zero-order valence-corrected chi connectivity index (χ0v) is 18.3. The molecule has 0 aliphatic heterocycles. The Morgan fingerprint density at radius 1 is 1.04 bits per heavy atom. The van der Waals surface area contributed by atoms with E-state index < -0.39 is 0 Å². The van der Waals surface area contributed by atoms with Crippen LogP contribution in [-0.2, 0) is 11.2 Å². The van der Waals surface area contributed by atoms with Crippen molar-refractivity contribution >= 4 is 45.9 Å². The van der Waals surface area contributed by atoms with Gasteiger partial charge in [-0.3, -0.25) is 4.79 Å². The van der Waals surface area contributed by atoms with Crippen molar-refractivity contribution in [1.82, 2.24) is 0 Å². The van der Waals surface area contributed by atoms with Crippen LogP contribution in [0.1, 0.15) is 56.6 Å². The molecule has 5 rings (SSSR count). The van der Waals surface area contributed by atoms with Crippen LogP contribution in [0.2, 0.25) is 8.67 Å². The number of aliphatic hydroxyl groups excluding tert-OH is 1. The third kappa shape index (κ3) is 3.90. The lowest BCUT2D eigenvalue weighted by Crippen LogP contribution is -2.15. The summed E-state index contributed by atoms with van der Waals surface area (Å²) in [5.41, 5.74) is 4.24. The minimum atomic E-state index is 0.0753. The smallest absolute Gasteiger partial charge is 0.167 e.